The molecule has 17 heavy (non-hydrogen) atoms. The predicted molar refractivity (Wildman–Crippen MR) is 66.0 cm³/mol. The molecule has 2 aromatic rings. The minimum atomic E-state index is -3.62. The molecule has 2 heterocycles. The summed E-state index contributed by atoms with van der Waals surface area (Å²) in [5.41, 5.74) is 0.386. The first-order chi connectivity index (χ1) is 7.99. The van der Waals surface area contributed by atoms with Crippen LogP contribution >= 0.6 is 15.9 Å². The monoisotopic (exact) mass is 316 g/mol. The second kappa shape index (κ2) is 4.46. The topological polar surface area (TPSA) is 76.9 Å². The molecule has 0 aliphatic carbocycles. The molecule has 0 bridgehead atoms. The molecular weight excluding hydrogens is 308 g/mol. The Hall–Kier alpha value is -1.41. The number of pyridine rings is 1. The van der Waals surface area contributed by atoms with Crippen LogP contribution in [0, 0.1) is 0 Å². The van der Waals surface area contributed by atoms with Crippen molar-refractivity contribution in [2.45, 2.75) is 4.90 Å². The van der Waals surface area contributed by atoms with Gasteiger partial charge in [-0.05, 0) is 28.1 Å². The molecule has 0 unspecified atom stereocenters. The van der Waals surface area contributed by atoms with E-state index in [1.807, 2.05) is 0 Å². The third kappa shape index (κ3) is 2.64. The highest BCUT2D eigenvalue weighted by Gasteiger charge is 2.17. The standard InChI is InChI=1S/C9H9BrN4O2S/c1-14-6-7(5-12-14)17(15,16)13-8-3-2-4-11-9(8)10/h2-6,13H,1H3. The molecule has 6 nitrogen and oxygen atoms in total. The molecular formula is C9H9BrN4O2S. The fourth-order valence-corrected chi connectivity index (χ4v) is 2.73. The van der Waals surface area contributed by atoms with Gasteiger partial charge in [-0.3, -0.25) is 9.40 Å². The van der Waals surface area contributed by atoms with E-state index in [9.17, 15) is 8.42 Å². The lowest BCUT2D eigenvalue weighted by atomic mass is 10.4. The first-order valence-corrected chi connectivity index (χ1v) is 6.88. The molecule has 2 rings (SSSR count). The van der Waals surface area contributed by atoms with Gasteiger partial charge in [-0.25, -0.2) is 13.4 Å². The fourth-order valence-electron chi connectivity index (χ4n) is 1.20. The first kappa shape index (κ1) is 12.1. The molecule has 0 fully saturated rings. The van der Waals surface area contributed by atoms with Crippen LogP contribution in [0.5, 0.6) is 0 Å². The molecule has 0 amide bonds. The largest absolute Gasteiger partial charge is 0.277 e. The number of hydrogen-bond donors (Lipinski definition) is 1. The maximum Gasteiger partial charge on any atom is 0.265 e. The quantitative estimate of drug-likeness (QED) is 0.868. The third-order valence-electron chi connectivity index (χ3n) is 1.99. The maximum absolute atomic E-state index is 12.0. The smallest absolute Gasteiger partial charge is 0.265 e. The van der Waals surface area contributed by atoms with Gasteiger partial charge in [0.05, 0.1) is 11.9 Å². The highest BCUT2D eigenvalue weighted by atomic mass is 79.9. The number of aromatic nitrogens is 3. The number of nitrogens with one attached hydrogen (secondary N) is 1. The summed E-state index contributed by atoms with van der Waals surface area (Å²) in [6.07, 6.45) is 4.27. The Kier molecular flexibility index (Phi) is 3.16. The SMILES string of the molecule is Cn1cc(S(=O)(=O)Nc2cccnc2Br)cn1. The fraction of sp³-hybridized carbons (Fsp3) is 0.111. The van der Waals surface area contributed by atoms with Gasteiger partial charge >= 0.3 is 0 Å². The van der Waals surface area contributed by atoms with Gasteiger partial charge in [0.1, 0.15) is 9.50 Å². The van der Waals surface area contributed by atoms with Crippen molar-refractivity contribution in [2.75, 3.05) is 4.72 Å². The van der Waals surface area contributed by atoms with E-state index < -0.39 is 10.0 Å². The predicted octanol–water partition coefficient (Wildman–Crippen LogP) is 1.38. The van der Waals surface area contributed by atoms with Crippen LogP contribution < -0.4 is 4.72 Å². The molecule has 0 aromatic carbocycles. The van der Waals surface area contributed by atoms with Crippen molar-refractivity contribution in [3.63, 3.8) is 0 Å². The Morgan fingerprint density at radius 3 is 2.82 bits per heavy atom. The van der Waals surface area contributed by atoms with Gasteiger partial charge < -0.3 is 0 Å². The Bertz CT molecular complexity index is 638. The molecule has 2 aromatic heterocycles. The summed E-state index contributed by atoms with van der Waals surface area (Å²) < 4.78 is 28.2. The summed E-state index contributed by atoms with van der Waals surface area (Å²) >= 11 is 3.17. The number of nitrogens with zero attached hydrogens (tertiary/aromatic N) is 3. The highest BCUT2D eigenvalue weighted by molar-refractivity contribution is 9.10. The minimum absolute atomic E-state index is 0.107. The zero-order chi connectivity index (χ0) is 12.5. The van der Waals surface area contributed by atoms with Crippen molar-refractivity contribution in [2.24, 2.45) is 7.05 Å². The zero-order valence-corrected chi connectivity index (χ0v) is 11.2. The number of aryl methyl sites for hydroxylation is 1. The van der Waals surface area contributed by atoms with E-state index in [-0.39, 0.29) is 4.90 Å². The van der Waals surface area contributed by atoms with Gasteiger partial charge in [0.25, 0.3) is 10.0 Å². The number of rotatable bonds is 3. The van der Waals surface area contributed by atoms with Crippen molar-refractivity contribution in [1.29, 1.82) is 0 Å². The molecule has 0 atom stereocenters. The van der Waals surface area contributed by atoms with Crippen LogP contribution in [-0.2, 0) is 17.1 Å². The number of anilines is 1. The molecule has 0 aliphatic rings. The van der Waals surface area contributed by atoms with E-state index >= 15 is 0 Å². The van der Waals surface area contributed by atoms with Crippen LogP contribution in [-0.4, -0.2) is 23.2 Å². The Balaban J connectivity index is 2.33. The lowest BCUT2D eigenvalue weighted by Gasteiger charge is -2.06. The van der Waals surface area contributed by atoms with E-state index in [1.54, 1.807) is 25.4 Å². The number of sulfonamides is 1. The van der Waals surface area contributed by atoms with Crippen molar-refractivity contribution in [1.82, 2.24) is 14.8 Å². The molecule has 0 saturated heterocycles. The average Bonchev–Trinajstić information content (AvgIpc) is 2.69. The van der Waals surface area contributed by atoms with Gasteiger partial charge in [-0.1, -0.05) is 0 Å². The van der Waals surface area contributed by atoms with Crippen LogP contribution in [0.25, 0.3) is 0 Å². The normalized spacial score (nSPS) is 11.4. The van der Waals surface area contributed by atoms with Gasteiger partial charge in [0.2, 0.25) is 0 Å². The van der Waals surface area contributed by atoms with E-state index in [0.29, 0.717) is 10.3 Å². The van der Waals surface area contributed by atoms with E-state index in [2.05, 4.69) is 30.7 Å². The Morgan fingerprint density at radius 2 is 2.24 bits per heavy atom. The zero-order valence-electron chi connectivity index (χ0n) is 8.83. The van der Waals surface area contributed by atoms with Crippen LogP contribution in [0.3, 0.4) is 0 Å². The second-order valence-corrected chi connectivity index (χ2v) is 5.73. The summed E-state index contributed by atoms with van der Waals surface area (Å²) in [4.78, 5) is 4.04. The molecule has 0 radical (unpaired) electrons. The summed E-state index contributed by atoms with van der Waals surface area (Å²) in [5, 5.41) is 3.82. The van der Waals surface area contributed by atoms with Gasteiger partial charge in [0, 0.05) is 19.4 Å². The molecule has 1 N–H and O–H groups in total. The molecule has 0 spiro atoms. The number of halogens is 1. The van der Waals surface area contributed by atoms with Crippen molar-refractivity contribution in [3.05, 3.63) is 35.3 Å². The number of hydrogen-bond acceptors (Lipinski definition) is 4. The molecule has 0 saturated carbocycles. The first-order valence-electron chi connectivity index (χ1n) is 4.61. The molecule has 8 heteroatoms. The van der Waals surface area contributed by atoms with Crippen LogP contribution in [0.2, 0.25) is 0 Å². The third-order valence-corrected chi connectivity index (χ3v) is 3.95. The average molecular weight is 317 g/mol. The summed E-state index contributed by atoms with van der Waals surface area (Å²) in [6.45, 7) is 0. The lowest BCUT2D eigenvalue weighted by molar-refractivity contribution is 0.601. The van der Waals surface area contributed by atoms with E-state index in [1.165, 1.54) is 17.1 Å². The van der Waals surface area contributed by atoms with Crippen molar-refractivity contribution >= 4 is 31.6 Å². The van der Waals surface area contributed by atoms with Crippen molar-refractivity contribution < 1.29 is 8.42 Å². The second-order valence-electron chi connectivity index (χ2n) is 3.30. The lowest BCUT2D eigenvalue weighted by Crippen LogP contribution is -2.12. The molecule has 90 valence electrons. The van der Waals surface area contributed by atoms with Gasteiger partial charge in [-0.2, -0.15) is 5.10 Å². The van der Waals surface area contributed by atoms with Crippen LogP contribution in [0.1, 0.15) is 0 Å². The maximum atomic E-state index is 12.0. The van der Waals surface area contributed by atoms with Gasteiger partial charge in [-0.15, -0.1) is 0 Å². The van der Waals surface area contributed by atoms with Gasteiger partial charge in [0.15, 0.2) is 0 Å². The van der Waals surface area contributed by atoms with Crippen LogP contribution in [0.4, 0.5) is 5.69 Å². The van der Waals surface area contributed by atoms with E-state index in [4.69, 9.17) is 0 Å². The summed E-state index contributed by atoms with van der Waals surface area (Å²) in [5.74, 6) is 0. The molecule has 0 aliphatic heterocycles. The Labute approximate surface area is 107 Å². The van der Waals surface area contributed by atoms with Crippen LogP contribution in [0.15, 0.2) is 40.2 Å². The van der Waals surface area contributed by atoms with E-state index in [0.717, 1.165) is 0 Å². The summed E-state index contributed by atoms with van der Waals surface area (Å²) in [7, 11) is -1.97. The Morgan fingerprint density at radius 1 is 1.47 bits per heavy atom. The summed E-state index contributed by atoms with van der Waals surface area (Å²) in [6, 6.07) is 3.26. The highest BCUT2D eigenvalue weighted by Crippen LogP contribution is 2.21. The minimum Gasteiger partial charge on any atom is -0.277 e. The van der Waals surface area contributed by atoms with Crippen molar-refractivity contribution in [3.8, 4) is 0 Å².